The molecule has 1 aliphatic carbocycles. The lowest BCUT2D eigenvalue weighted by Gasteiger charge is -2.11. The minimum absolute atomic E-state index is 0.233. The molecule has 2 N–H and O–H groups in total. The van der Waals surface area contributed by atoms with Crippen LogP contribution in [0.4, 0.5) is 5.69 Å². The molecular weight excluding hydrogens is 381 g/mol. The van der Waals surface area contributed by atoms with Gasteiger partial charge < -0.3 is 5.32 Å². The second-order valence-electron chi connectivity index (χ2n) is 7.04. The normalized spacial score (nSPS) is 13.6. The molecule has 3 aromatic rings. The molecule has 0 unspecified atom stereocenters. The van der Waals surface area contributed by atoms with Crippen molar-refractivity contribution in [3.63, 3.8) is 0 Å². The first-order chi connectivity index (χ1) is 12.9. The van der Waals surface area contributed by atoms with Gasteiger partial charge in [0.2, 0.25) is 0 Å². The largest absolute Gasteiger partial charge is 0.319 e. The number of benzene rings is 2. The van der Waals surface area contributed by atoms with Gasteiger partial charge in [-0.2, -0.15) is 5.10 Å². The average molecular weight is 400 g/mol. The monoisotopic (exact) mass is 399 g/mol. The summed E-state index contributed by atoms with van der Waals surface area (Å²) >= 11 is 12.0. The fraction of sp³-hybridized carbons (Fsp3) is 0.238. The van der Waals surface area contributed by atoms with E-state index in [0.29, 0.717) is 21.5 Å². The van der Waals surface area contributed by atoms with Crippen molar-refractivity contribution in [2.24, 2.45) is 0 Å². The van der Waals surface area contributed by atoms with Gasteiger partial charge in [-0.3, -0.25) is 9.89 Å². The van der Waals surface area contributed by atoms with Crippen LogP contribution in [0.3, 0.4) is 0 Å². The van der Waals surface area contributed by atoms with E-state index in [2.05, 4.69) is 41.5 Å². The Morgan fingerprint density at radius 3 is 2.56 bits per heavy atom. The van der Waals surface area contributed by atoms with Gasteiger partial charge in [-0.15, -0.1) is 0 Å². The van der Waals surface area contributed by atoms with Gasteiger partial charge in [-0.1, -0.05) is 47.0 Å². The number of halogens is 2. The van der Waals surface area contributed by atoms with Crippen molar-refractivity contribution in [3.8, 4) is 11.3 Å². The third kappa shape index (κ3) is 3.60. The highest BCUT2D eigenvalue weighted by molar-refractivity contribution is 6.42. The quantitative estimate of drug-likeness (QED) is 0.554. The van der Waals surface area contributed by atoms with Crippen molar-refractivity contribution >= 4 is 34.8 Å². The van der Waals surface area contributed by atoms with Crippen molar-refractivity contribution in [1.29, 1.82) is 0 Å². The predicted molar refractivity (Wildman–Crippen MR) is 110 cm³/mol. The molecule has 1 aromatic heterocycles. The first-order valence-corrected chi connectivity index (χ1v) is 9.62. The molecule has 0 radical (unpaired) electrons. The minimum atomic E-state index is -0.233. The number of amides is 1. The summed E-state index contributed by atoms with van der Waals surface area (Å²) < 4.78 is 0. The zero-order chi connectivity index (χ0) is 19.1. The van der Waals surface area contributed by atoms with Gasteiger partial charge in [0, 0.05) is 17.0 Å². The molecular formula is C21H19Cl2N3O. The van der Waals surface area contributed by atoms with Crippen LogP contribution in [0.1, 0.15) is 45.9 Å². The zero-order valence-corrected chi connectivity index (χ0v) is 16.6. The number of hydrogen-bond donors (Lipinski definition) is 2. The highest BCUT2D eigenvalue weighted by Crippen LogP contribution is 2.45. The first-order valence-electron chi connectivity index (χ1n) is 8.86. The minimum Gasteiger partial charge on any atom is -0.319 e. The lowest BCUT2D eigenvalue weighted by Crippen LogP contribution is -2.13. The molecule has 0 spiro atoms. The van der Waals surface area contributed by atoms with Crippen LogP contribution in [0.15, 0.2) is 36.4 Å². The molecule has 1 aliphatic rings. The van der Waals surface area contributed by atoms with Crippen molar-refractivity contribution in [2.75, 3.05) is 5.32 Å². The van der Waals surface area contributed by atoms with Crippen LogP contribution in [0.5, 0.6) is 0 Å². The van der Waals surface area contributed by atoms with E-state index in [1.807, 2.05) is 6.07 Å². The SMILES string of the molecule is Cc1ccc(-c2n[nH]c(C3CC3)c2NC(=O)c2ccc(Cl)c(Cl)c2)c(C)c1. The van der Waals surface area contributed by atoms with Crippen LogP contribution in [0.25, 0.3) is 11.3 Å². The Kier molecular flexibility index (Phi) is 4.70. The summed E-state index contributed by atoms with van der Waals surface area (Å²) in [6, 6.07) is 11.1. The number of aromatic amines is 1. The van der Waals surface area contributed by atoms with Crippen molar-refractivity contribution in [3.05, 3.63) is 68.8 Å². The Labute approximate surface area is 167 Å². The van der Waals surface area contributed by atoms with Gasteiger partial charge in [0.15, 0.2) is 0 Å². The Morgan fingerprint density at radius 1 is 1.11 bits per heavy atom. The van der Waals surface area contributed by atoms with E-state index in [0.717, 1.165) is 41.0 Å². The average Bonchev–Trinajstić information content (AvgIpc) is 3.39. The van der Waals surface area contributed by atoms with E-state index in [-0.39, 0.29) is 5.91 Å². The summed E-state index contributed by atoms with van der Waals surface area (Å²) in [5.74, 6) is 0.184. The van der Waals surface area contributed by atoms with Gasteiger partial charge in [-0.05, 0) is 50.5 Å². The second-order valence-corrected chi connectivity index (χ2v) is 7.85. The highest BCUT2D eigenvalue weighted by atomic mass is 35.5. The number of aromatic nitrogens is 2. The maximum Gasteiger partial charge on any atom is 0.255 e. The number of rotatable bonds is 4. The van der Waals surface area contributed by atoms with E-state index >= 15 is 0 Å². The molecule has 138 valence electrons. The standard InChI is InChI=1S/C21H19Cl2N3O/c1-11-3-7-15(12(2)9-11)19-20(18(25-26-19)13-4-5-13)24-21(27)14-6-8-16(22)17(23)10-14/h3,6-10,13H,4-5H2,1-2H3,(H,24,27)(H,25,26). The first kappa shape index (κ1) is 18.1. The molecule has 2 aromatic carbocycles. The van der Waals surface area contributed by atoms with Gasteiger partial charge in [0.1, 0.15) is 5.69 Å². The summed E-state index contributed by atoms with van der Waals surface area (Å²) in [6.45, 7) is 4.11. The number of H-pyrrole nitrogens is 1. The molecule has 0 atom stereocenters. The Morgan fingerprint density at radius 2 is 1.89 bits per heavy atom. The molecule has 1 saturated carbocycles. The number of hydrogen-bond acceptors (Lipinski definition) is 2. The molecule has 0 aliphatic heterocycles. The van der Waals surface area contributed by atoms with E-state index in [1.165, 1.54) is 5.56 Å². The molecule has 6 heteroatoms. The molecule has 0 bridgehead atoms. The smallest absolute Gasteiger partial charge is 0.255 e. The van der Waals surface area contributed by atoms with Gasteiger partial charge in [0.05, 0.1) is 21.4 Å². The zero-order valence-electron chi connectivity index (χ0n) is 15.1. The molecule has 4 nitrogen and oxygen atoms in total. The molecule has 1 heterocycles. The fourth-order valence-corrected chi connectivity index (χ4v) is 3.54. The third-order valence-electron chi connectivity index (χ3n) is 4.84. The molecule has 0 saturated heterocycles. The van der Waals surface area contributed by atoms with E-state index in [9.17, 15) is 4.79 Å². The predicted octanol–water partition coefficient (Wildman–Crippen LogP) is 6.13. The van der Waals surface area contributed by atoms with Crippen molar-refractivity contribution in [2.45, 2.75) is 32.6 Å². The number of nitrogens with one attached hydrogen (secondary N) is 2. The number of aryl methyl sites for hydroxylation is 2. The lowest BCUT2D eigenvalue weighted by molar-refractivity contribution is 0.102. The van der Waals surface area contributed by atoms with Crippen LogP contribution in [-0.4, -0.2) is 16.1 Å². The summed E-state index contributed by atoms with van der Waals surface area (Å²) in [6.07, 6.45) is 2.20. The second kappa shape index (κ2) is 7.02. The van der Waals surface area contributed by atoms with Crippen LogP contribution in [0.2, 0.25) is 10.0 Å². The lowest BCUT2D eigenvalue weighted by atomic mass is 10.0. The summed E-state index contributed by atoms with van der Waals surface area (Å²) in [5, 5.41) is 11.5. The van der Waals surface area contributed by atoms with Gasteiger partial charge >= 0.3 is 0 Å². The molecule has 27 heavy (non-hydrogen) atoms. The Balaban J connectivity index is 1.73. The number of anilines is 1. The number of carbonyl (C=O) groups excluding carboxylic acids is 1. The molecule has 1 fully saturated rings. The fourth-order valence-electron chi connectivity index (χ4n) is 3.25. The van der Waals surface area contributed by atoms with Crippen LogP contribution in [0, 0.1) is 13.8 Å². The summed E-state index contributed by atoms with van der Waals surface area (Å²) in [5.41, 5.74) is 6.28. The summed E-state index contributed by atoms with van der Waals surface area (Å²) in [4.78, 5) is 12.8. The molecule has 1 amide bonds. The summed E-state index contributed by atoms with van der Waals surface area (Å²) in [7, 11) is 0. The number of nitrogens with zero attached hydrogens (tertiary/aromatic N) is 1. The van der Waals surface area contributed by atoms with Gasteiger partial charge in [0.25, 0.3) is 5.91 Å². The maximum absolute atomic E-state index is 12.8. The topological polar surface area (TPSA) is 57.8 Å². The van der Waals surface area contributed by atoms with E-state index in [4.69, 9.17) is 23.2 Å². The highest BCUT2D eigenvalue weighted by Gasteiger charge is 2.31. The van der Waals surface area contributed by atoms with E-state index < -0.39 is 0 Å². The van der Waals surface area contributed by atoms with Gasteiger partial charge in [-0.25, -0.2) is 0 Å². The molecule has 4 rings (SSSR count). The van der Waals surface area contributed by atoms with Crippen LogP contribution < -0.4 is 5.32 Å². The third-order valence-corrected chi connectivity index (χ3v) is 5.58. The number of carbonyl (C=O) groups is 1. The Hall–Kier alpha value is -2.30. The van der Waals surface area contributed by atoms with Crippen molar-refractivity contribution in [1.82, 2.24) is 10.2 Å². The van der Waals surface area contributed by atoms with Crippen molar-refractivity contribution < 1.29 is 4.79 Å². The maximum atomic E-state index is 12.8. The van der Waals surface area contributed by atoms with E-state index in [1.54, 1.807) is 18.2 Å². The van der Waals surface area contributed by atoms with Crippen LogP contribution in [-0.2, 0) is 0 Å². The van der Waals surface area contributed by atoms with Crippen LogP contribution >= 0.6 is 23.2 Å². The Bertz CT molecular complexity index is 1040.